The fraction of sp³-hybridized carbons (Fsp3) is 0.667. The fourth-order valence-electron chi connectivity index (χ4n) is 4.70. The Kier molecular flexibility index (Phi) is 3.52. The van der Waals surface area contributed by atoms with Gasteiger partial charge in [0.15, 0.2) is 0 Å². The van der Waals surface area contributed by atoms with E-state index in [1.165, 1.54) is 24.8 Å². The van der Waals surface area contributed by atoms with E-state index in [9.17, 15) is 5.11 Å². The van der Waals surface area contributed by atoms with Crippen LogP contribution in [-0.2, 0) is 4.74 Å². The average Bonchev–Trinajstić information content (AvgIpc) is 3.07. The van der Waals surface area contributed by atoms with Gasteiger partial charge in [0, 0.05) is 25.0 Å². The zero-order valence-corrected chi connectivity index (χ0v) is 12.6. The quantitative estimate of drug-likeness (QED) is 0.922. The summed E-state index contributed by atoms with van der Waals surface area (Å²) < 4.78 is 5.38. The molecule has 2 heterocycles. The topological polar surface area (TPSA) is 32.7 Å². The molecule has 1 aliphatic carbocycles. The van der Waals surface area contributed by atoms with Crippen molar-refractivity contribution >= 4 is 0 Å². The van der Waals surface area contributed by atoms with E-state index in [1.54, 1.807) is 0 Å². The molecule has 0 radical (unpaired) electrons. The Balaban J connectivity index is 1.54. The molecule has 1 aromatic rings. The van der Waals surface area contributed by atoms with Crippen LogP contribution in [0, 0.1) is 11.3 Å². The van der Waals surface area contributed by atoms with E-state index in [0.29, 0.717) is 5.92 Å². The zero-order valence-electron chi connectivity index (χ0n) is 12.6. The summed E-state index contributed by atoms with van der Waals surface area (Å²) >= 11 is 0. The molecule has 21 heavy (non-hydrogen) atoms. The maximum absolute atomic E-state index is 9.71. The third kappa shape index (κ3) is 2.32. The molecule has 114 valence electrons. The van der Waals surface area contributed by atoms with Crippen molar-refractivity contribution in [1.29, 1.82) is 0 Å². The van der Waals surface area contributed by atoms with E-state index in [4.69, 9.17) is 4.74 Å². The maximum atomic E-state index is 9.71. The summed E-state index contributed by atoms with van der Waals surface area (Å²) in [7, 11) is 0. The largest absolute Gasteiger partial charge is 0.396 e. The predicted molar refractivity (Wildman–Crippen MR) is 82.2 cm³/mol. The van der Waals surface area contributed by atoms with Crippen LogP contribution in [-0.4, -0.2) is 49.0 Å². The molecule has 1 aromatic carbocycles. The second-order valence-corrected chi connectivity index (χ2v) is 7.26. The van der Waals surface area contributed by atoms with Gasteiger partial charge in [-0.1, -0.05) is 36.8 Å². The Bertz CT molecular complexity index is 480. The van der Waals surface area contributed by atoms with Crippen LogP contribution in [0.5, 0.6) is 0 Å². The molecule has 3 aliphatic rings. The van der Waals surface area contributed by atoms with E-state index in [-0.39, 0.29) is 12.0 Å². The van der Waals surface area contributed by atoms with Crippen molar-refractivity contribution in [3.63, 3.8) is 0 Å². The fourth-order valence-corrected chi connectivity index (χ4v) is 4.70. The lowest BCUT2D eigenvalue weighted by Crippen LogP contribution is -2.54. The number of nitrogens with zero attached hydrogens (tertiary/aromatic N) is 1. The molecular weight excluding hydrogens is 262 g/mol. The number of hydrogen-bond acceptors (Lipinski definition) is 3. The summed E-state index contributed by atoms with van der Waals surface area (Å²) in [5.74, 6) is 1.49. The second kappa shape index (κ2) is 5.38. The molecule has 0 amide bonds. The van der Waals surface area contributed by atoms with E-state index in [1.807, 2.05) is 0 Å². The highest BCUT2D eigenvalue weighted by atomic mass is 16.5. The van der Waals surface area contributed by atoms with Crippen LogP contribution in [0.15, 0.2) is 30.3 Å². The predicted octanol–water partition coefficient (Wildman–Crippen LogP) is 2.26. The van der Waals surface area contributed by atoms with E-state index < -0.39 is 0 Å². The number of aliphatic hydroxyl groups excluding tert-OH is 1. The summed E-state index contributed by atoms with van der Waals surface area (Å²) in [6, 6.07) is 11.7. The number of fused-ring (bicyclic) bond motifs is 1. The van der Waals surface area contributed by atoms with Gasteiger partial charge in [-0.05, 0) is 24.3 Å². The van der Waals surface area contributed by atoms with E-state index >= 15 is 0 Å². The minimum Gasteiger partial charge on any atom is -0.396 e. The van der Waals surface area contributed by atoms with Gasteiger partial charge < -0.3 is 9.84 Å². The van der Waals surface area contributed by atoms with E-state index in [2.05, 4.69) is 35.2 Å². The molecule has 1 N–H and O–H groups in total. The van der Waals surface area contributed by atoms with Crippen molar-refractivity contribution in [2.24, 2.45) is 11.3 Å². The number of aliphatic hydroxyl groups is 1. The van der Waals surface area contributed by atoms with Gasteiger partial charge in [0.1, 0.15) is 0 Å². The van der Waals surface area contributed by atoms with Gasteiger partial charge in [0.25, 0.3) is 0 Å². The Morgan fingerprint density at radius 2 is 2.00 bits per heavy atom. The standard InChI is InChI=1S/C18H25NO2/c20-11-18(12-21-13-18)10-19-9-16(14-5-2-1-3-6-14)15-7-4-8-17(15)19/h1-3,5-6,15-17,20H,4,7-13H2. The first-order valence-corrected chi connectivity index (χ1v) is 8.29. The van der Waals surface area contributed by atoms with Gasteiger partial charge in [0.2, 0.25) is 0 Å². The molecule has 3 heteroatoms. The first kappa shape index (κ1) is 13.7. The Labute approximate surface area is 126 Å². The second-order valence-electron chi connectivity index (χ2n) is 7.26. The molecule has 3 nitrogen and oxygen atoms in total. The van der Waals surface area contributed by atoms with Crippen LogP contribution >= 0.6 is 0 Å². The first-order valence-electron chi connectivity index (χ1n) is 8.29. The number of rotatable bonds is 4. The Morgan fingerprint density at radius 3 is 2.67 bits per heavy atom. The maximum Gasteiger partial charge on any atom is 0.0579 e. The smallest absolute Gasteiger partial charge is 0.0579 e. The van der Waals surface area contributed by atoms with Crippen LogP contribution in [0.4, 0.5) is 0 Å². The summed E-state index contributed by atoms with van der Waals surface area (Å²) in [5.41, 5.74) is 1.51. The summed E-state index contributed by atoms with van der Waals surface area (Å²) in [4.78, 5) is 2.66. The molecule has 1 saturated carbocycles. The molecule has 3 atom stereocenters. The van der Waals surface area contributed by atoms with Crippen LogP contribution in [0.25, 0.3) is 0 Å². The Hall–Kier alpha value is -0.900. The summed E-state index contributed by atoms with van der Waals surface area (Å²) in [6.07, 6.45) is 4.05. The van der Waals surface area contributed by atoms with Crippen LogP contribution in [0.3, 0.4) is 0 Å². The average molecular weight is 287 g/mol. The van der Waals surface area contributed by atoms with Crippen LogP contribution in [0.1, 0.15) is 30.7 Å². The van der Waals surface area contributed by atoms with Crippen LogP contribution in [0.2, 0.25) is 0 Å². The molecule has 0 spiro atoms. The van der Waals surface area contributed by atoms with Crippen molar-refractivity contribution in [2.45, 2.75) is 31.2 Å². The lowest BCUT2D eigenvalue weighted by molar-refractivity contribution is -0.149. The molecule has 4 rings (SSSR count). The molecule has 2 saturated heterocycles. The number of benzene rings is 1. The van der Waals surface area contributed by atoms with Gasteiger partial charge in [0.05, 0.1) is 25.2 Å². The number of ether oxygens (including phenoxy) is 1. The van der Waals surface area contributed by atoms with Gasteiger partial charge in [-0.2, -0.15) is 0 Å². The van der Waals surface area contributed by atoms with Crippen molar-refractivity contribution < 1.29 is 9.84 Å². The van der Waals surface area contributed by atoms with Gasteiger partial charge in [-0.3, -0.25) is 4.90 Å². The van der Waals surface area contributed by atoms with Crippen molar-refractivity contribution in [1.82, 2.24) is 4.90 Å². The molecule has 2 aliphatic heterocycles. The normalized spacial score (nSPS) is 34.6. The van der Waals surface area contributed by atoms with Crippen molar-refractivity contribution in [3.05, 3.63) is 35.9 Å². The summed E-state index contributed by atoms with van der Waals surface area (Å²) in [5, 5.41) is 9.71. The third-order valence-electron chi connectivity index (χ3n) is 5.87. The molecular formula is C18H25NO2. The third-order valence-corrected chi connectivity index (χ3v) is 5.87. The number of likely N-dealkylation sites (tertiary alicyclic amines) is 1. The highest BCUT2D eigenvalue weighted by Crippen LogP contribution is 2.47. The number of hydrogen-bond donors (Lipinski definition) is 1. The highest BCUT2D eigenvalue weighted by molar-refractivity contribution is 5.24. The Morgan fingerprint density at radius 1 is 1.19 bits per heavy atom. The van der Waals surface area contributed by atoms with Gasteiger partial charge in [-0.25, -0.2) is 0 Å². The molecule has 0 bridgehead atoms. The van der Waals surface area contributed by atoms with Crippen molar-refractivity contribution in [3.8, 4) is 0 Å². The first-order chi connectivity index (χ1) is 10.3. The minimum absolute atomic E-state index is 0.0126. The zero-order chi connectivity index (χ0) is 14.3. The van der Waals surface area contributed by atoms with Gasteiger partial charge >= 0.3 is 0 Å². The molecule has 3 unspecified atom stereocenters. The van der Waals surface area contributed by atoms with Crippen molar-refractivity contribution in [2.75, 3.05) is 32.9 Å². The highest BCUT2D eigenvalue weighted by Gasteiger charge is 2.48. The summed E-state index contributed by atoms with van der Waals surface area (Å²) in [6.45, 7) is 3.88. The van der Waals surface area contributed by atoms with E-state index in [0.717, 1.165) is 38.3 Å². The van der Waals surface area contributed by atoms with Gasteiger partial charge in [-0.15, -0.1) is 0 Å². The lowest BCUT2D eigenvalue weighted by atomic mass is 9.86. The monoisotopic (exact) mass is 287 g/mol. The molecule has 0 aromatic heterocycles. The SMILES string of the molecule is OCC1(CN2CC(c3ccccc3)C3CCCC32)COC1. The van der Waals surface area contributed by atoms with Crippen LogP contribution < -0.4 is 0 Å². The minimum atomic E-state index is 0.0126. The molecule has 3 fully saturated rings. The lowest BCUT2D eigenvalue weighted by Gasteiger charge is -2.43.